The van der Waals surface area contributed by atoms with Gasteiger partial charge < -0.3 is 4.74 Å². The maximum atomic E-state index is 13.3. The largest absolute Gasteiger partial charge is 0.465 e. The molecule has 0 spiro atoms. The van der Waals surface area contributed by atoms with Crippen molar-refractivity contribution in [2.45, 2.75) is 13.3 Å². The van der Waals surface area contributed by atoms with Crippen molar-refractivity contribution in [2.24, 2.45) is 0 Å². The summed E-state index contributed by atoms with van der Waals surface area (Å²) in [5.74, 6) is 4.03. The number of carbonyl (C=O) groups excluding carboxylic acids is 1. The number of hydrogen-bond acceptors (Lipinski definition) is 3. The van der Waals surface area contributed by atoms with Crippen LogP contribution in [-0.2, 0) is 9.53 Å². The van der Waals surface area contributed by atoms with Gasteiger partial charge in [-0.2, -0.15) is 5.26 Å². The first-order valence-electron chi connectivity index (χ1n) is 5.01. The van der Waals surface area contributed by atoms with E-state index in [1.807, 2.05) is 6.07 Å². The highest BCUT2D eigenvalue weighted by molar-refractivity contribution is 5.72. The summed E-state index contributed by atoms with van der Waals surface area (Å²) in [5, 5.41) is 8.55. The highest BCUT2D eigenvalue weighted by atomic mass is 19.1. The van der Waals surface area contributed by atoms with E-state index in [1.165, 1.54) is 12.1 Å². The lowest BCUT2D eigenvalue weighted by molar-refractivity contribution is -0.141. The summed E-state index contributed by atoms with van der Waals surface area (Å²) in [4.78, 5) is 11.0. The number of benzene rings is 1. The van der Waals surface area contributed by atoms with Crippen LogP contribution in [0.25, 0.3) is 0 Å². The Morgan fingerprint density at radius 2 is 2.29 bits per heavy atom. The van der Waals surface area contributed by atoms with Gasteiger partial charge in [0.15, 0.2) is 0 Å². The van der Waals surface area contributed by atoms with Gasteiger partial charge in [0, 0.05) is 0 Å². The van der Waals surface area contributed by atoms with Crippen LogP contribution in [0.3, 0.4) is 0 Å². The van der Waals surface area contributed by atoms with Crippen LogP contribution in [0.15, 0.2) is 18.2 Å². The number of nitrogens with zero attached hydrogens (tertiary/aromatic N) is 1. The number of halogens is 1. The van der Waals surface area contributed by atoms with Gasteiger partial charge in [0.05, 0.1) is 23.8 Å². The third-order valence-electron chi connectivity index (χ3n) is 1.86. The minimum absolute atomic E-state index is 0.0761. The van der Waals surface area contributed by atoms with Gasteiger partial charge in [0.2, 0.25) is 0 Å². The molecule has 0 amide bonds. The van der Waals surface area contributed by atoms with Gasteiger partial charge in [0.25, 0.3) is 0 Å². The predicted molar refractivity (Wildman–Crippen MR) is 59.2 cm³/mol. The molecule has 0 fully saturated rings. The SMILES string of the molecule is CCOC(=O)CC#Cc1ccc(C#N)cc1F. The van der Waals surface area contributed by atoms with Crippen LogP contribution in [-0.4, -0.2) is 12.6 Å². The number of ether oxygens (including phenoxy) is 1. The lowest BCUT2D eigenvalue weighted by atomic mass is 10.1. The molecule has 0 unspecified atom stereocenters. The van der Waals surface area contributed by atoms with Gasteiger partial charge in [-0.3, -0.25) is 4.79 Å². The Balaban J connectivity index is 2.73. The molecule has 86 valence electrons. The molecule has 0 aromatic heterocycles. The van der Waals surface area contributed by atoms with Crippen LogP contribution in [0, 0.1) is 29.0 Å². The predicted octanol–water partition coefficient (Wildman–Crippen LogP) is 2.00. The monoisotopic (exact) mass is 231 g/mol. The first-order chi connectivity index (χ1) is 8.17. The van der Waals surface area contributed by atoms with Gasteiger partial charge >= 0.3 is 5.97 Å². The number of carbonyl (C=O) groups is 1. The molecule has 4 heteroatoms. The maximum Gasteiger partial charge on any atom is 0.317 e. The fourth-order valence-electron chi connectivity index (χ4n) is 1.11. The third-order valence-corrected chi connectivity index (χ3v) is 1.86. The molecule has 0 radical (unpaired) electrons. The first kappa shape index (κ1) is 12.7. The molecule has 1 rings (SSSR count). The van der Waals surface area contributed by atoms with E-state index < -0.39 is 11.8 Å². The lowest BCUT2D eigenvalue weighted by Gasteiger charge is -1.96. The summed E-state index contributed by atoms with van der Waals surface area (Å²) in [6, 6.07) is 5.81. The Kier molecular flexibility index (Phi) is 4.72. The molecule has 0 aliphatic carbocycles. The van der Waals surface area contributed by atoms with Crippen LogP contribution in [0.2, 0.25) is 0 Å². The zero-order valence-electron chi connectivity index (χ0n) is 9.29. The zero-order valence-corrected chi connectivity index (χ0v) is 9.29. The van der Waals surface area contributed by atoms with Crippen molar-refractivity contribution in [1.29, 1.82) is 5.26 Å². The third kappa shape index (κ3) is 3.96. The number of hydrogen-bond donors (Lipinski definition) is 0. The van der Waals surface area contributed by atoms with Crippen molar-refractivity contribution in [3.8, 4) is 17.9 Å². The van der Waals surface area contributed by atoms with Crippen molar-refractivity contribution in [3.63, 3.8) is 0 Å². The van der Waals surface area contributed by atoms with Crippen molar-refractivity contribution >= 4 is 5.97 Å². The van der Waals surface area contributed by atoms with Crippen LogP contribution >= 0.6 is 0 Å². The minimum atomic E-state index is -0.569. The zero-order chi connectivity index (χ0) is 12.7. The fourth-order valence-corrected chi connectivity index (χ4v) is 1.11. The van der Waals surface area contributed by atoms with Crippen LogP contribution in [0.5, 0.6) is 0 Å². The molecule has 0 heterocycles. The van der Waals surface area contributed by atoms with Crippen molar-refractivity contribution in [1.82, 2.24) is 0 Å². The number of rotatable bonds is 2. The van der Waals surface area contributed by atoms with E-state index >= 15 is 0 Å². The summed E-state index contributed by atoms with van der Waals surface area (Å²) >= 11 is 0. The van der Waals surface area contributed by atoms with E-state index in [4.69, 9.17) is 5.26 Å². The summed E-state index contributed by atoms with van der Waals surface area (Å²) in [6.07, 6.45) is -0.0761. The lowest BCUT2D eigenvalue weighted by Crippen LogP contribution is -2.01. The van der Waals surface area contributed by atoms with E-state index in [9.17, 15) is 9.18 Å². The van der Waals surface area contributed by atoms with E-state index in [2.05, 4.69) is 16.6 Å². The summed E-state index contributed by atoms with van der Waals surface area (Å²) in [7, 11) is 0. The molecule has 1 aromatic rings. The van der Waals surface area contributed by atoms with E-state index in [0.717, 1.165) is 6.07 Å². The summed E-state index contributed by atoms with van der Waals surface area (Å²) in [6.45, 7) is 2.00. The Morgan fingerprint density at radius 3 is 2.88 bits per heavy atom. The van der Waals surface area contributed by atoms with Crippen LogP contribution in [0.4, 0.5) is 4.39 Å². The van der Waals surface area contributed by atoms with E-state index in [1.54, 1.807) is 6.92 Å². The Morgan fingerprint density at radius 1 is 1.53 bits per heavy atom. The Hall–Kier alpha value is -2.33. The van der Waals surface area contributed by atoms with Gasteiger partial charge in [0.1, 0.15) is 12.2 Å². The molecular formula is C13H10FNO2. The van der Waals surface area contributed by atoms with Gasteiger partial charge in [-0.1, -0.05) is 11.8 Å². The van der Waals surface area contributed by atoms with E-state index in [-0.39, 0.29) is 17.5 Å². The van der Waals surface area contributed by atoms with Gasteiger partial charge in [-0.25, -0.2) is 4.39 Å². The molecule has 17 heavy (non-hydrogen) atoms. The molecule has 0 aliphatic rings. The molecule has 1 aromatic carbocycles. The average Bonchev–Trinajstić information content (AvgIpc) is 2.31. The van der Waals surface area contributed by atoms with Crippen molar-refractivity contribution in [3.05, 3.63) is 35.1 Å². The van der Waals surface area contributed by atoms with Gasteiger partial charge in [-0.15, -0.1) is 0 Å². The van der Waals surface area contributed by atoms with Crippen molar-refractivity contribution in [2.75, 3.05) is 6.61 Å². The Labute approximate surface area is 98.8 Å². The number of esters is 1. The smallest absolute Gasteiger partial charge is 0.317 e. The van der Waals surface area contributed by atoms with Crippen LogP contribution < -0.4 is 0 Å². The topological polar surface area (TPSA) is 50.1 Å². The molecule has 0 aliphatic heterocycles. The molecule has 0 saturated heterocycles. The second-order valence-corrected chi connectivity index (χ2v) is 3.09. The standard InChI is InChI=1S/C13H10FNO2/c1-2-17-13(16)5-3-4-11-7-6-10(9-15)8-12(11)14/h6-8H,2,5H2,1H3. The normalized spacial score (nSPS) is 8.76. The highest BCUT2D eigenvalue weighted by Gasteiger charge is 2.01. The number of nitriles is 1. The molecule has 3 nitrogen and oxygen atoms in total. The molecular weight excluding hydrogens is 221 g/mol. The maximum absolute atomic E-state index is 13.3. The molecule has 0 atom stereocenters. The van der Waals surface area contributed by atoms with Crippen LogP contribution in [0.1, 0.15) is 24.5 Å². The van der Waals surface area contributed by atoms with Crippen molar-refractivity contribution < 1.29 is 13.9 Å². The minimum Gasteiger partial charge on any atom is -0.465 e. The van der Waals surface area contributed by atoms with E-state index in [0.29, 0.717) is 6.61 Å². The summed E-state index contributed by atoms with van der Waals surface area (Å²) in [5.41, 5.74) is 0.395. The molecule has 0 N–H and O–H groups in total. The summed E-state index contributed by atoms with van der Waals surface area (Å²) < 4.78 is 18.0. The fraction of sp³-hybridized carbons (Fsp3) is 0.231. The highest BCUT2D eigenvalue weighted by Crippen LogP contribution is 2.08. The second kappa shape index (κ2) is 6.30. The average molecular weight is 231 g/mol. The van der Waals surface area contributed by atoms with Gasteiger partial charge in [-0.05, 0) is 25.1 Å². The molecule has 0 saturated carbocycles. The quantitative estimate of drug-likeness (QED) is 0.577. The molecule has 0 bridgehead atoms. The second-order valence-electron chi connectivity index (χ2n) is 3.09. The Bertz CT molecular complexity index is 520. The first-order valence-corrected chi connectivity index (χ1v) is 5.01.